The molecule has 25 heavy (non-hydrogen) atoms. The second-order valence-corrected chi connectivity index (χ2v) is 5.86. The molecule has 0 saturated heterocycles. The highest BCUT2D eigenvalue weighted by molar-refractivity contribution is 5.67. The maximum atomic E-state index is 11.1. The molecule has 2 heterocycles. The lowest BCUT2D eigenvalue weighted by Crippen LogP contribution is -2.22. The van der Waals surface area contributed by atoms with Crippen LogP contribution in [0.5, 0.6) is 0 Å². The van der Waals surface area contributed by atoms with E-state index < -0.39 is 6.09 Å². The molecule has 0 aliphatic rings. The van der Waals surface area contributed by atoms with Crippen LogP contribution in [0.4, 0.5) is 16.3 Å². The summed E-state index contributed by atoms with van der Waals surface area (Å²) in [5.41, 5.74) is 2.82. The van der Waals surface area contributed by atoms with Crippen LogP contribution in [0.15, 0.2) is 36.7 Å². The van der Waals surface area contributed by atoms with Crippen LogP contribution in [0.3, 0.4) is 0 Å². The van der Waals surface area contributed by atoms with Crippen LogP contribution in [0.25, 0.3) is 5.78 Å². The second-order valence-electron chi connectivity index (χ2n) is 5.86. The fourth-order valence-electron chi connectivity index (χ4n) is 2.32. The van der Waals surface area contributed by atoms with Crippen LogP contribution < -0.4 is 10.6 Å². The Hall–Kier alpha value is -3.16. The van der Waals surface area contributed by atoms with Gasteiger partial charge < -0.3 is 15.4 Å². The van der Waals surface area contributed by atoms with Crippen molar-refractivity contribution in [3.8, 4) is 0 Å². The molecular formula is C17H20N6O2. The second kappa shape index (κ2) is 7.16. The molecule has 3 rings (SSSR count). The van der Waals surface area contributed by atoms with Crippen molar-refractivity contribution < 1.29 is 9.53 Å². The minimum Gasteiger partial charge on any atom is -0.453 e. The quantitative estimate of drug-likeness (QED) is 0.742. The molecule has 0 atom stereocenters. The Kier molecular flexibility index (Phi) is 4.78. The number of rotatable bonds is 5. The number of carbonyl (C=O) groups is 1. The van der Waals surface area contributed by atoms with Gasteiger partial charge in [0.05, 0.1) is 12.8 Å². The summed E-state index contributed by atoms with van der Waals surface area (Å²) in [4.78, 5) is 19.8. The van der Waals surface area contributed by atoms with Crippen molar-refractivity contribution >= 4 is 23.4 Å². The monoisotopic (exact) mass is 340 g/mol. The van der Waals surface area contributed by atoms with E-state index in [4.69, 9.17) is 0 Å². The zero-order chi connectivity index (χ0) is 17.8. The number of carbonyl (C=O) groups excluding carboxylic acids is 1. The third kappa shape index (κ3) is 3.85. The number of methoxy groups -OCH3 is 1. The van der Waals surface area contributed by atoms with Crippen molar-refractivity contribution in [1.29, 1.82) is 0 Å². The lowest BCUT2D eigenvalue weighted by Gasteiger charge is -2.12. The molecule has 0 aliphatic heterocycles. The predicted molar refractivity (Wildman–Crippen MR) is 93.8 cm³/mol. The highest BCUT2D eigenvalue weighted by atomic mass is 16.5. The van der Waals surface area contributed by atoms with Crippen molar-refractivity contribution in [1.82, 2.24) is 24.9 Å². The van der Waals surface area contributed by atoms with Gasteiger partial charge in [-0.1, -0.05) is 26.0 Å². The SMILES string of the molecule is COC(=O)NCc1ccc(Nc2cc(C(C)C)nc3ncnn23)cc1. The van der Waals surface area contributed by atoms with E-state index in [1.165, 1.54) is 13.4 Å². The molecule has 0 spiro atoms. The summed E-state index contributed by atoms with van der Waals surface area (Å²) < 4.78 is 6.22. The zero-order valence-corrected chi connectivity index (χ0v) is 14.4. The van der Waals surface area contributed by atoms with Gasteiger partial charge in [0.15, 0.2) is 0 Å². The van der Waals surface area contributed by atoms with Gasteiger partial charge in [-0.05, 0) is 23.6 Å². The number of fused-ring (bicyclic) bond motifs is 1. The Morgan fingerprint density at radius 1 is 1.28 bits per heavy atom. The van der Waals surface area contributed by atoms with Crippen molar-refractivity contribution in [2.75, 3.05) is 12.4 Å². The Morgan fingerprint density at radius 3 is 2.72 bits per heavy atom. The fourth-order valence-corrected chi connectivity index (χ4v) is 2.32. The standard InChI is InChI=1S/C17H20N6O2/c1-11(2)14-8-15(23-16(22-14)19-10-20-23)21-13-6-4-12(5-7-13)9-18-17(24)25-3/h4-8,10-11,21H,9H2,1-3H3,(H,18,24). The molecule has 0 fully saturated rings. The van der Waals surface area contributed by atoms with Gasteiger partial charge in [0.2, 0.25) is 0 Å². The van der Waals surface area contributed by atoms with Crippen LogP contribution in [0.1, 0.15) is 31.0 Å². The third-order valence-corrected chi connectivity index (χ3v) is 3.71. The maximum absolute atomic E-state index is 11.1. The van der Waals surface area contributed by atoms with E-state index in [-0.39, 0.29) is 5.92 Å². The van der Waals surface area contributed by atoms with E-state index >= 15 is 0 Å². The van der Waals surface area contributed by atoms with Gasteiger partial charge in [-0.25, -0.2) is 9.78 Å². The Balaban J connectivity index is 1.79. The number of hydrogen-bond donors (Lipinski definition) is 2. The van der Waals surface area contributed by atoms with Gasteiger partial charge in [0, 0.05) is 18.3 Å². The Labute approximate surface area is 145 Å². The summed E-state index contributed by atoms with van der Waals surface area (Å²) in [6.45, 7) is 4.58. The van der Waals surface area contributed by atoms with Gasteiger partial charge in [0.25, 0.3) is 5.78 Å². The van der Waals surface area contributed by atoms with E-state index in [1.54, 1.807) is 4.52 Å². The van der Waals surface area contributed by atoms with Gasteiger partial charge in [-0.3, -0.25) is 0 Å². The molecule has 3 aromatic rings. The van der Waals surface area contributed by atoms with Gasteiger partial charge in [-0.2, -0.15) is 14.6 Å². The first-order valence-electron chi connectivity index (χ1n) is 7.95. The minimum absolute atomic E-state index is 0.286. The Morgan fingerprint density at radius 2 is 2.04 bits per heavy atom. The first-order chi connectivity index (χ1) is 12.1. The highest BCUT2D eigenvalue weighted by Crippen LogP contribution is 2.21. The lowest BCUT2D eigenvalue weighted by atomic mass is 10.1. The molecule has 8 nitrogen and oxygen atoms in total. The molecule has 1 aromatic carbocycles. The summed E-state index contributed by atoms with van der Waals surface area (Å²) in [6, 6.07) is 9.71. The molecule has 2 aromatic heterocycles. The Bertz CT molecular complexity index is 872. The van der Waals surface area contributed by atoms with Crippen LogP contribution >= 0.6 is 0 Å². The molecule has 130 valence electrons. The number of anilines is 2. The number of nitrogens with one attached hydrogen (secondary N) is 2. The number of aromatic nitrogens is 4. The first-order valence-corrected chi connectivity index (χ1v) is 7.95. The first kappa shape index (κ1) is 16.7. The summed E-state index contributed by atoms with van der Waals surface area (Å²) >= 11 is 0. The largest absolute Gasteiger partial charge is 0.453 e. The van der Waals surface area contributed by atoms with Crippen molar-refractivity contribution in [2.24, 2.45) is 0 Å². The molecular weight excluding hydrogens is 320 g/mol. The minimum atomic E-state index is -0.450. The van der Waals surface area contributed by atoms with Crippen LogP contribution in [0.2, 0.25) is 0 Å². The number of benzene rings is 1. The molecule has 8 heteroatoms. The highest BCUT2D eigenvalue weighted by Gasteiger charge is 2.10. The number of nitrogens with zero attached hydrogens (tertiary/aromatic N) is 4. The number of amides is 1. The van der Waals surface area contributed by atoms with Gasteiger partial charge >= 0.3 is 6.09 Å². The number of hydrogen-bond acceptors (Lipinski definition) is 6. The summed E-state index contributed by atoms with van der Waals surface area (Å²) in [5, 5.41) is 10.2. The predicted octanol–water partition coefficient (Wildman–Crippen LogP) is 2.85. The molecule has 1 amide bonds. The van der Waals surface area contributed by atoms with E-state index in [1.807, 2.05) is 30.3 Å². The molecule has 0 unspecified atom stereocenters. The summed E-state index contributed by atoms with van der Waals surface area (Å²) in [7, 11) is 1.34. The third-order valence-electron chi connectivity index (χ3n) is 3.71. The average Bonchev–Trinajstić information content (AvgIpc) is 3.09. The van der Waals surface area contributed by atoms with Crippen LogP contribution in [-0.2, 0) is 11.3 Å². The molecule has 0 bridgehead atoms. The maximum Gasteiger partial charge on any atom is 0.407 e. The lowest BCUT2D eigenvalue weighted by molar-refractivity contribution is 0.170. The van der Waals surface area contributed by atoms with E-state index in [0.717, 1.165) is 22.8 Å². The zero-order valence-electron chi connectivity index (χ0n) is 14.4. The van der Waals surface area contributed by atoms with Crippen LogP contribution in [-0.4, -0.2) is 32.8 Å². The van der Waals surface area contributed by atoms with E-state index in [2.05, 4.69) is 44.3 Å². The average molecular weight is 340 g/mol. The van der Waals surface area contributed by atoms with Crippen molar-refractivity contribution in [3.05, 3.63) is 47.9 Å². The molecule has 2 N–H and O–H groups in total. The summed E-state index contributed by atoms with van der Waals surface area (Å²) in [6.07, 6.45) is 1.04. The summed E-state index contributed by atoms with van der Waals surface area (Å²) in [5.74, 6) is 1.65. The normalized spacial score (nSPS) is 10.9. The van der Waals surface area contributed by atoms with Gasteiger partial charge in [-0.15, -0.1) is 0 Å². The van der Waals surface area contributed by atoms with Crippen molar-refractivity contribution in [3.63, 3.8) is 0 Å². The van der Waals surface area contributed by atoms with Crippen molar-refractivity contribution in [2.45, 2.75) is 26.3 Å². The van der Waals surface area contributed by atoms with E-state index in [9.17, 15) is 4.79 Å². The van der Waals surface area contributed by atoms with Gasteiger partial charge in [0.1, 0.15) is 12.1 Å². The molecule has 0 saturated carbocycles. The topological polar surface area (TPSA) is 93.4 Å². The smallest absolute Gasteiger partial charge is 0.407 e. The number of alkyl carbamates (subject to hydrolysis) is 1. The molecule has 0 aliphatic carbocycles. The fraction of sp³-hybridized carbons (Fsp3) is 0.294. The van der Waals surface area contributed by atoms with Crippen LogP contribution in [0, 0.1) is 0 Å². The van der Waals surface area contributed by atoms with E-state index in [0.29, 0.717) is 12.3 Å². The molecule has 0 radical (unpaired) electrons. The number of ether oxygens (including phenoxy) is 1.